The summed E-state index contributed by atoms with van der Waals surface area (Å²) in [5, 5.41) is 4.81. The molecule has 1 aliphatic heterocycles. The second-order valence-electron chi connectivity index (χ2n) is 6.30. The average Bonchev–Trinajstić information content (AvgIpc) is 2.98. The van der Waals surface area contributed by atoms with Crippen LogP contribution in [-0.4, -0.2) is 30.8 Å². The highest BCUT2D eigenvalue weighted by atomic mass is 32.1. The number of pyridine rings is 1. The van der Waals surface area contributed by atoms with Crippen molar-refractivity contribution in [1.82, 2.24) is 24.2 Å². The van der Waals surface area contributed by atoms with Crippen LogP contribution in [0.5, 0.6) is 0 Å². The largest absolute Gasteiger partial charge is 0.300 e. The molecule has 0 aliphatic carbocycles. The highest BCUT2D eigenvalue weighted by Gasteiger charge is 2.18. The van der Waals surface area contributed by atoms with Gasteiger partial charge in [0.1, 0.15) is 0 Å². The summed E-state index contributed by atoms with van der Waals surface area (Å²) in [4.78, 5) is 6.50. The molecule has 0 amide bonds. The Labute approximate surface area is 152 Å². The van der Waals surface area contributed by atoms with Gasteiger partial charge >= 0.3 is 0 Å². The van der Waals surface area contributed by atoms with E-state index >= 15 is 0 Å². The van der Waals surface area contributed by atoms with Crippen molar-refractivity contribution in [2.24, 2.45) is 0 Å². The van der Waals surface area contributed by atoms with Crippen LogP contribution in [0.25, 0.3) is 11.4 Å². The fraction of sp³-hybridized carbons (Fsp3) is 0.316. The van der Waals surface area contributed by atoms with Crippen molar-refractivity contribution in [2.75, 3.05) is 6.54 Å². The summed E-state index contributed by atoms with van der Waals surface area (Å²) in [5.41, 5.74) is 3.91. The number of hydrogen-bond donors (Lipinski definition) is 0. The van der Waals surface area contributed by atoms with Gasteiger partial charge in [0.15, 0.2) is 10.6 Å². The van der Waals surface area contributed by atoms with E-state index in [1.54, 1.807) is 12.4 Å². The zero-order valence-electron chi connectivity index (χ0n) is 14.3. The van der Waals surface area contributed by atoms with Crippen molar-refractivity contribution in [2.45, 2.75) is 33.1 Å². The first-order valence-electron chi connectivity index (χ1n) is 8.63. The van der Waals surface area contributed by atoms with E-state index in [1.807, 2.05) is 16.8 Å². The van der Waals surface area contributed by atoms with E-state index in [4.69, 9.17) is 17.3 Å². The molecule has 128 valence electrons. The van der Waals surface area contributed by atoms with E-state index in [0.717, 1.165) is 48.9 Å². The molecule has 0 spiro atoms. The molecule has 0 N–H and O–H groups in total. The van der Waals surface area contributed by atoms with E-state index < -0.39 is 0 Å². The molecule has 3 heterocycles. The molecular formula is C19H21N5S. The molecule has 0 bridgehead atoms. The molecule has 0 saturated heterocycles. The molecule has 1 aromatic carbocycles. The minimum absolute atomic E-state index is 0.720. The summed E-state index contributed by atoms with van der Waals surface area (Å²) in [5.74, 6) is 0.910. The van der Waals surface area contributed by atoms with Gasteiger partial charge in [-0.05, 0) is 48.8 Å². The Kier molecular flexibility index (Phi) is 4.46. The van der Waals surface area contributed by atoms with Gasteiger partial charge < -0.3 is 4.57 Å². The normalized spacial score (nSPS) is 14.4. The number of nitrogens with zero attached hydrogens (tertiary/aromatic N) is 5. The maximum absolute atomic E-state index is 5.68. The maximum Gasteiger partial charge on any atom is 0.199 e. The van der Waals surface area contributed by atoms with Crippen molar-refractivity contribution in [3.05, 3.63) is 64.7 Å². The molecule has 0 saturated carbocycles. The van der Waals surface area contributed by atoms with Crippen LogP contribution in [0.4, 0.5) is 0 Å². The number of rotatable bonds is 4. The third-order valence-corrected chi connectivity index (χ3v) is 5.15. The highest BCUT2D eigenvalue weighted by Crippen LogP contribution is 2.21. The molecule has 0 atom stereocenters. The smallest absolute Gasteiger partial charge is 0.199 e. The lowest BCUT2D eigenvalue weighted by Gasteiger charge is -2.28. The summed E-state index contributed by atoms with van der Waals surface area (Å²) in [7, 11) is 0. The summed E-state index contributed by atoms with van der Waals surface area (Å²) >= 11 is 5.68. The topological polar surface area (TPSA) is 38.9 Å². The summed E-state index contributed by atoms with van der Waals surface area (Å²) in [6.07, 6.45) is 4.66. The predicted molar refractivity (Wildman–Crippen MR) is 101 cm³/mol. The first kappa shape index (κ1) is 16.2. The van der Waals surface area contributed by atoms with E-state index in [1.165, 1.54) is 11.1 Å². The molecule has 6 heteroatoms. The minimum atomic E-state index is 0.720. The van der Waals surface area contributed by atoms with Crippen molar-refractivity contribution in [1.29, 1.82) is 0 Å². The Morgan fingerprint density at radius 3 is 2.60 bits per heavy atom. The van der Waals surface area contributed by atoms with Crippen LogP contribution in [0, 0.1) is 4.77 Å². The summed E-state index contributed by atoms with van der Waals surface area (Å²) in [6.45, 7) is 5.60. The Hall–Kier alpha value is -2.31. The Balaban J connectivity index is 1.62. The van der Waals surface area contributed by atoms with Crippen molar-refractivity contribution in [3.63, 3.8) is 0 Å². The van der Waals surface area contributed by atoms with Gasteiger partial charge in [0.25, 0.3) is 0 Å². The van der Waals surface area contributed by atoms with Gasteiger partial charge in [-0.2, -0.15) is 5.10 Å². The molecule has 3 aromatic rings. The van der Waals surface area contributed by atoms with Crippen LogP contribution in [0.3, 0.4) is 0 Å². The highest BCUT2D eigenvalue weighted by molar-refractivity contribution is 7.71. The van der Waals surface area contributed by atoms with E-state index in [9.17, 15) is 0 Å². The van der Waals surface area contributed by atoms with Gasteiger partial charge in [-0.15, -0.1) is 0 Å². The van der Waals surface area contributed by atoms with Crippen molar-refractivity contribution >= 4 is 12.2 Å². The first-order chi connectivity index (χ1) is 12.3. The number of hydrogen-bond acceptors (Lipinski definition) is 4. The first-order valence-corrected chi connectivity index (χ1v) is 9.04. The van der Waals surface area contributed by atoms with Gasteiger partial charge in [-0.25, -0.2) is 4.68 Å². The van der Waals surface area contributed by atoms with Gasteiger partial charge in [-0.1, -0.05) is 24.3 Å². The van der Waals surface area contributed by atoms with E-state index in [-0.39, 0.29) is 0 Å². The van der Waals surface area contributed by atoms with Gasteiger partial charge in [0.05, 0.1) is 6.67 Å². The number of benzene rings is 1. The average molecular weight is 351 g/mol. The van der Waals surface area contributed by atoms with E-state index in [0.29, 0.717) is 0 Å². The molecule has 2 aromatic heterocycles. The monoisotopic (exact) mass is 351 g/mol. The van der Waals surface area contributed by atoms with Crippen molar-refractivity contribution < 1.29 is 0 Å². The molecule has 4 rings (SSSR count). The van der Waals surface area contributed by atoms with Gasteiger partial charge in [0.2, 0.25) is 0 Å². The lowest BCUT2D eigenvalue weighted by atomic mass is 10.0. The zero-order chi connectivity index (χ0) is 17.2. The number of aromatic nitrogens is 4. The SMILES string of the molecule is CCn1c(-c2ccncc2)nn(CN2CCc3ccccc3C2)c1=S. The number of fused-ring (bicyclic) bond motifs is 1. The Morgan fingerprint density at radius 2 is 1.84 bits per heavy atom. The third kappa shape index (κ3) is 3.15. The lowest BCUT2D eigenvalue weighted by molar-refractivity contribution is 0.188. The van der Waals surface area contributed by atoms with Crippen molar-refractivity contribution in [3.8, 4) is 11.4 Å². The zero-order valence-corrected chi connectivity index (χ0v) is 15.1. The molecule has 1 aliphatic rings. The van der Waals surface area contributed by atoms with Crippen LogP contribution < -0.4 is 0 Å². The quantitative estimate of drug-likeness (QED) is 0.674. The molecule has 25 heavy (non-hydrogen) atoms. The second kappa shape index (κ2) is 6.90. The third-order valence-electron chi connectivity index (χ3n) is 4.72. The van der Waals surface area contributed by atoms with Gasteiger partial charge in [-0.3, -0.25) is 9.88 Å². The second-order valence-corrected chi connectivity index (χ2v) is 6.66. The minimum Gasteiger partial charge on any atom is -0.300 e. The maximum atomic E-state index is 5.68. The molecule has 0 unspecified atom stereocenters. The summed E-state index contributed by atoms with van der Waals surface area (Å²) < 4.78 is 4.80. The molecular weight excluding hydrogens is 330 g/mol. The fourth-order valence-corrected chi connectivity index (χ4v) is 3.71. The van der Waals surface area contributed by atoms with Crippen LogP contribution in [0.15, 0.2) is 48.8 Å². The Bertz CT molecular complexity index is 928. The lowest BCUT2D eigenvalue weighted by Crippen LogP contribution is -2.32. The summed E-state index contributed by atoms with van der Waals surface area (Å²) in [6, 6.07) is 12.6. The van der Waals surface area contributed by atoms with Crippen LogP contribution in [0.2, 0.25) is 0 Å². The van der Waals surface area contributed by atoms with Gasteiger partial charge in [0, 0.05) is 37.6 Å². The van der Waals surface area contributed by atoms with E-state index in [2.05, 4.69) is 45.6 Å². The van der Waals surface area contributed by atoms with Crippen LogP contribution in [0.1, 0.15) is 18.1 Å². The van der Waals surface area contributed by atoms with Crippen LogP contribution >= 0.6 is 12.2 Å². The predicted octanol–water partition coefficient (Wildman–Crippen LogP) is 3.51. The standard InChI is InChI=1S/C19H21N5S/c1-2-23-18(16-7-10-20-11-8-16)21-24(19(23)25)14-22-12-9-15-5-3-4-6-17(15)13-22/h3-8,10-11H,2,9,12-14H2,1H3. The molecule has 5 nitrogen and oxygen atoms in total. The van der Waals surface area contributed by atoms with Crippen LogP contribution in [-0.2, 0) is 26.2 Å². The molecule has 0 fully saturated rings. The molecule has 0 radical (unpaired) electrons. The Morgan fingerprint density at radius 1 is 1.08 bits per heavy atom. The fourth-order valence-electron chi connectivity index (χ4n) is 3.40.